The summed E-state index contributed by atoms with van der Waals surface area (Å²) in [6.45, 7) is 0. The summed E-state index contributed by atoms with van der Waals surface area (Å²) in [7, 11) is 0. The first kappa shape index (κ1) is 12.4. The monoisotopic (exact) mass is 250 g/mol. The number of benzene rings is 2. The van der Waals surface area contributed by atoms with E-state index in [9.17, 15) is 8.78 Å². The molecule has 0 saturated carbocycles. The molecule has 0 aromatic heterocycles. The summed E-state index contributed by atoms with van der Waals surface area (Å²) in [4.78, 5) is 0. The Bertz CT molecular complexity index is 518. The van der Waals surface area contributed by atoms with Gasteiger partial charge in [0.15, 0.2) is 0 Å². The van der Waals surface area contributed by atoms with Crippen molar-refractivity contribution in [2.24, 2.45) is 0 Å². The number of rotatable bonds is 3. The molecule has 4 heteroatoms. The lowest BCUT2D eigenvalue weighted by molar-refractivity contribution is -0.00386. The largest absolute Gasteiger partial charge is 0.508 e. The van der Waals surface area contributed by atoms with E-state index in [0.29, 0.717) is 5.56 Å². The van der Waals surface area contributed by atoms with E-state index in [1.54, 1.807) is 0 Å². The zero-order valence-corrected chi connectivity index (χ0v) is 9.48. The van der Waals surface area contributed by atoms with Gasteiger partial charge >= 0.3 is 0 Å². The molecule has 0 unspecified atom stereocenters. The van der Waals surface area contributed by atoms with Crippen molar-refractivity contribution in [1.29, 1.82) is 0 Å². The third kappa shape index (κ3) is 2.77. The molecule has 0 atom stereocenters. The Morgan fingerprint density at radius 3 is 1.72 bits per heavy atom. The van der Waals surface area contributed by atoms with Crippen molar-refractivity contribution in [3.63, 3.8) is 0 Å². The summed E-state index contributed by atoms with van der Waals surface area (Å²) >= 11 is 0. The van der Waals surface area contributed by atoms with Crippen LogP contribution in [0.15, 0.2) is 48.5 Å². The Labute approximate surface area is 103 Å². The Hall–Kier alpha value is -2.10. The van der Waals surface area contributed by atoms with Crippen LogP contribution in [0.2, 0.25) is 0 Å². The zero-order valence-electron chi connectivity index (χ0n) is 9.48. The van der Waals surface area contributed by atoms with E-state index < -0.39 is 12.3 Å². The van der Waals surface area contributed by atoms with Crippen LogP contribution in [0.4, 0.5) is 8.78 Å². The van der Waals surface area contributed by atoms with E-state index in [4.69, 9.17) is 10.2 Å². The molecular formula is C14H12F2O2. The predicted octanol–water partition coefficient (Wildman–Crippen LogP) is 3.43. The van der Waals surface area contributed by atoms with Crippen LogP contribution < -0.4 is 0 Å². The maximum absolute atomic E-state index is 13.9. The predicted molar refractivity (Wildman–Crippen MR) is 63.8 cm³/mol. The van der Waals surface area contributed by atoms with Crippen LogP contribution >= 0.6 is 0 Å². The minimum absolute atomic E-state index is 0.0424. The van der Waals surface area contributed by atoms with Crippen molar-refractivity contribution in [3.05, 3.63) is 59.7 Å². The second kappa shape index (κ2) is 4.64. The average molecular weight is 250 g/mol. The lowest BCUT2D eigenvalue weighted by atomic mass is 10.0. The first-order valence-electron chi connectivity index (χ1n) is 5.43. The van der Waals surface area contributed by atoms with E-state index in [0.717, 1.165) is 0 Å². The molecule has 0 aliphatic heterocycles. The van der Waals surface area contributed by atoms with Crippen molar-refractivity contribution in [2.75, 3.05) is 0 Å². The first-order valence-corrected chi connectivity index (χ1v) is 5.43. The highest BCUT2D eigenvalue weighted by molar-refractivity contribution is 5.32. The fraction of sp³-hybridized carbons (Fsp3) is 0.143. The molecule has 0 fully saturated rings. The van der Waals surface area contributed by atoms with Gasteiger partial charge in [0.1, 0.15) is 11.5 Å². The summed E-state index contributed by atoms with van der Waals surface area (Å²) in [6, 6.07) is 10.6. The van der Waals surface area contributed by atoms with Crippen LogP contribution in [0.1, 0.15) is 11.1 Å². The zero-order chi connectivity index (χ0) is 13.2. The van der Waals surface area contributed by atoms with Gasteiger partial charge in [0.05, 0.1) is 0 Å². The number of aromatic hydroxyl groups is 2. The van der Waals surface area contributed by atoms with Gasteiger partial charge in [-0.3, -0.25) is 0 Å². The highest BCUT2D eigenvalue weighted by atomic mass is 19.3. The molecule has 18 heavy (non-hydrogen) atoms. The van der Waals surface area contributed by atoms with Crippen molar-refractivity contribution < 1.29 is 19.0 Å². The van der Waals surface area contributed by atoms with E-state index in [2.05, 4.69) is 0 Å². The fourth-order valence-electron chi connectivity index (χ4n) is 1.68. The molecule has 2 nitrogen and oxygen atoms in total. The average Bonchev–Trinajstić information content (AvgIpc) is 2.32. The van der Waals surface area contributed by atoms with E-state index in [1.807, 2.05) is 0 Å². The number of hydrogen-bond acceptors (Lipinski definition) is 2. The molecule has 0 amide bonds. The molecule has 0 radical (unpaired) electrons. The minimum Gasteiger partial charge on any atom is -0.508 e. The Kier molecular flexibility index (Phi) is 3.19. The van der Waals surface area contributed by atoms with E-state index in [-0.39, 0.29) is 17.1 Å². The van der Waals surface area contributed by atoms with Gasteiger partial charge in [0, 0.05) is 12.0 Å². The second-order valence-electron chi connectivity index (χ2n) is 4.09. The van der Waals surface area contributed by atoms with Crippen LogP contribution in [0.25, 0.3) is 0 Å². The molecule has 0 saturated heterocycles. The van der Waals surface area contributed by atoms with E-state index >= 15 is 0 Å². The van der Waals surface area contributed by atoms with Crippen LogP contribution in [0.3, 0.4) is 0 Å². The SMILES string of the molecule is Oc1ccc(CC(F)(F)c2ccc(O)cc2)cc1. The Morgan fingerprint density at radius 2 is 1.22 bits per heavy atom. The number of halogens is 2. The number of hydrogen-bond donors (Lipinski definition) is 2. The summed E-state index contributed by atoms with van der Waals surface area (Å²) in [5.74, 6) is -3.00. The lowest BCUT2D eigenvalue weighted by Crippen LogP contribution is -2.16. The van der Waals surface area contributed by atoms with E-state index in [1.165, 1.54) is 48.5 Å². The van der Waals surface area contributed by atoms with Gasteiger partial charge in [-0.25, -0.2) is 8.78 Å². The Balaban J connectivity index is 2.20. The maximum Gasteiger partial charge on any atom is 0.277 e. The summed E-state index contributed by atoms with van der Waals surface area (Å²) in [6.07, 6.45) is -0.446. The van der Waals surface area contributed by atoms with Crippen LogP contribution in [-0.2, 0) is 12.3 Å². The second-order valence-corrected chi connectivity index (χ2v) is 4.09. The van der Waals surface area contributed by atoms with Crippen LogP contribution in [0.5, 0.6) is 11.5 Å². The molecule has 94 valence electrons. The van der Waals surface area contributed by atoms with Gasteiger partial charge in [-0.2, -0.15) is 0 Å². The molecule has 2 N–H and O–H groups in total. The molecule has 0 aliphatic rings. The maximum atomic E-state index is 13.9. The molecule has 2 rings (SSSR count). The molecule has 0 heterocycles. The van der Waals surface area contributed by atoms with Crippen molar-refractivity contribution in [3.8, 4) is 11.5 Å². The van der Waals surface area contributed by atoms with Crippen LogP contribution in [0, 0.1) is 0 Å². The lowest BCUT2D eigenvalue weighted by Gasteiger charge is -2.17. The smallest absolute Gasteiger partial charge is 0.277 e. The fourth-order valence-corrected chi connectivity index (χ4v) is 1.68. The third-order valence-corrected chi connectivity index (χ3v) is 2.65. The minimum atomic E-state index is -3.01. The molecular weight excluding hydrogens is 238 g/mol. The Morgan fingerprint density at radius 1 is 0.778 bits per heavy atom. The molecule has 0 spiro atoms. The third-order valence-electron chi connectivity index (χ3n) is 2.65. The van der Waals surface area contributed by atoms with Gasteiger partial charge in [-0.15, -0.1) is 0 Å². The summed E-state index contributed by atoms with van der Waals surface area (Å²) in [5.41, 5.74) is 0.291. The number of phenolic OH excluding ortho intramolecular Hbond substituents is 2. The molecule has 0 aliphatic carbocycles. The number of phenols is 2. The standard InChI is InChI=1S/C14H12F2O2/c15-14(16,11-3-7-13(18)8-4-11)9-10-1-5-12(17)6-2-10/h1-8,17-18H,9H2. The van der Waals surface area contributed by atoms with Crippen molar-refractivity contribution >= 4 is 0 Å². The van der Waals surface area contributed by atoms with Gasteiger partial charge in [-0.05, 0) is 42.0 Å². The van der Waals surface area contributed by atoms with Crippen molar-refractivity contribution in [2.45, 2.75) is 12.3 Å². The summed E-state index contributed by atoms with van der Waals surface area (Å²) < 4.78 is 27.9. The van der Waals surface area contributed by atoms with Gasteiger partial charge in [-0.1, -0.05) is 12.1 Å². The highest BCUT2D eigenvalue weighted by Crippen LogP contribution is 2.33. The first-order chi connectivity index (χ1) is 8.47. The molecule has 0 bridgehead atoms. The molecule has 2 aromatic rings. The topological polar surface area (TPSA) is 40.5 Å². The molecule has 2 aromatic carbocycles. The van der Waals surface area contributed by atoms with Gasteiger partial charge in [0.2, 0.25) is 0 Å². The van der Waals surface area contributed by atoms with Gasteiger partial charge < -0.3 is 10.2 Å². The quantitative estimate of drug-likeness (QED) is 0.876. The summed E-state index contributed by atoms with van der Waals surface area (Å²) in [5, 5.41) is 18.2. The normalized spacial score (nSPS) is 11.4. The number of alkyl halides is 2. The highest BCUT2D eigenvalue weighted by Gasteiger charge is 2.31. The van der Waals surface area contributed by atoms with Crippen LogP contribution in [-0.4, -0.2) is 10.2 Å². The van der Waals surface area contributed by atoms with Gasteiger partial charge in [0.25, 0.3) is 5.92 Å². The van der Waals surface area contributed by atoms with Crippen molar-refractivity contribution in [1.82, 2.24) is 0 Å².